The molecule has 3 atom stereocenters. The fourth-order valence-corrected chi connectivity index (χ4v) is 6.89. The highest BCUT2D eigenvalue weighted by atomic mass is 79.9. The van der Waals surface area contributed by atoms with Crippen LogP contribution >= 0.6 is 31.9 Å². The molecule has 1 aliphatic heterocycles. The van der Waals surface area contributed by atoms with Crippen molar-refractivity contribution in [1.82, 2.24) is 0 Å². The van der Waals surface area contributed by atoms with E-state index < -0.39 is 0 Å². The highest BCUT2D eigenvalue weighted by Gasteiger charge is 2.37. The molecule has 1 aliphatic carbocycles. The summed E-state index contributed by atoms with van der Waals surface area (Å²) in [5.74, 6) is 1.78. The number of ether oxygens (including phenoxy) is 1. The summed E-state index contributed by atoms with van der Waals surface area (Å²) in [4.78, 5) is 4.79. The van der Waals surface area contributed by atoms with E-state index in [-0.39, 0.29) is 6.04 Å². The van der Waals surface area contributed by atoms with Gasteiger partial charge in [-0.25, -0.2) is 0 Å². The van der Waals surface area contributed by atoms with E-state index in [2.05, 4.69) is 111 Å². The van der Waals surface area contributed by atoms with Gasteiger partial charge in [-0.15, -0.1) is 0 Å². The molecule has 190 valence electrons. The van der Waals surface area contributed by atoms with Gasteiger partial charge < -0.3 is 10.1 Å². The van der Waals surface area contributed by atoms with Crippen molar-refractivity contribution in [1.29, 1.82) is 0 Å². The largest absolute Gasteiger partial charge is 0.487 e. The molecule has 0 fully saturated rings. The van der Waals surface area contributed by atoms with Crippen LogP contribution in [0.25, 0.3) is 0 Å². The predicted molar refractivity (Wildman–Crippen MR) is 164 cm³/mol. The van der Waals surface area contributed by atoms with Crippen LogP contribution in [-0.2, 0) is 6.61 Å². The SMILES string of the molecule is Cc1ccc2c(c1)[C@@H]1C=CC[C@@H]1[C@H](c1ccc(N=Cc3cc(Br)cc(Br)c3OCc3ccccc3)cc1)N2. The molecule has 1 N–H and O–H groups in total. The van der Waals surface area contributed by atoms with Gasteiger partial charge in [-0.1, -0.05) is 88.2 Å². The number of anilines is 1. The summed E-state index contributed by atoms with van der Waals surface area (Å²) in [5.41, 5.74) is 8.22. The predicted octanol–water partition coefficient (Wildman–Crippen LogP) is 9.68. The van der Waals surface area contributed by atoms with Crippen LogP contribution in [0.3, 0.4) is 0 Å². The zero-order chi connectivity index (χ0) is 26.1. The number of hydrogen-bond donors (Lipinski definition) is 1. The van der Waals surface area contributed by atoms with Crippen LogP contribution in [0.1, 0.15) is 46.2 Å². The number of allylic oxidation sites excluding steroid dienone is 2. The summed E-state index contributed by atoms with van der Waals surface area (Å²) >= 11 is 7.26. The van der Waals surface area contributed by atoms with Gasteiger partial charge in [0.2, 0.25) is 0 Å². The molecule has 0 bridgehead atoms. The first-order valence-electron chi connectivity index (χ1n) is 12.9. The van der Waals surface area contributed by atoms with E-state index in [1.54, 1.807) is 0 Å². The van der Waals surface area contributed by atoms with Crippen molar-refractivity contribution in [3.63, 3.8) is 0 Å². The molecule has 5 heteroatoms. The molecule has 0 aromatic heterocycles. The van der Waals surface area contributed by atoms with Crippen LogP contribution in [0, 0.1) is 12.8 Å². The summed E-state index contributed by atoms with van der Waals surface area (Å²) in [7, 11) is 0. The molecular formula is C33H28Br2N2O. The summed E-state index contributed by atoms with van der Waals surface area (Å²) in [6.45, 7) is 2.66. The van der Waals surface area contributed by atoms with Crippen molar-refractivity contribution in [2.75, 3.05) is 5.32 Å². The Labute approximate surface area is 240 Å². The Bertz CT molecular complexity index is 1510. The third kappa shape index (κ3) is 5.23. The minimum atomic E-state index is 0.280. The van der Waals surface area contributed by atoms with E-state index in [1.807, 2.05) is 36.5 Å². The molecule has 0 spiro atoms. The molecule has 0 amide bonds. The van der Waals surface area contributed by atoms with Gasteiger partial charge in [0.15, 0.2) is 0 Å². The third-order valence-corrected chi connectivity index (χ3v) is 8.43. The molecule has 3 nitrogen and oxygen atoms in total. The van der Waals surface area contributed by atoms with Gasteiger partial charge in [-0.05, 0) is 82.2 Å². The van der Waals surface area contributed by atoms with E-state index in [0.29, 0.717) is 18.4 Å². The lowest BCUT2D eigenvalue weighted by Gasteiger charge is -2.37. The molecule has 1 heterocycles. The highest BCUT2D eigenvalue weighted by molar-refractivity contribution is 9.11. The maximum absolute atomic E-state index is 6.20. The van der Waals surface area contributed by atoms with Gasteiger partial charge in [-0.3, -0.25) is 4.99 Å². The fraction of sp³-hybridized carbons (Fsp3) is 0.182. The van der Waals surface area contributed by atoms with E-state index in [1.165, 1.54) is 22.4 Å². The minimum Gasteiger partial charge on any atom is -0.487 e. The average Bonchev–Trinajstić information content (AvgIpc) is 3.42. The van der Waals surface area contributed by atoms with Crippen molar-refractivity contribution in [2.24, 2.45) is 10.9 Å². The summed E-state index contributed by atoms with van der Waals surface area (Å²) in [6, 6.07) is 29.9. The Balaban J connectivity index is 1.22. The second-order valence-electron chi connectivity index (χ2n) is 10.00. The normalized spacial score (nSPS) is 19.7. The van der Waals surface area contributed by atoms with Crippen LogP contribution in [0.5, 0.6) is 5.75 Å². The lowest BCUT2D eigenvalue weighted by atomic mass is 9.76. The molecule has 4 aromatic carbocycles. The second-order valence-corrected chi connectivity index (χ2v) is 11.8. The maximum Gasteiger partial charge on any atom is 0.142 e. The van der Waals surface area contributed by atoms with Crippen LogP contribution in [0.2, 0.25) is 0 Å². The maximum atomic E-state index is 6.20. The monoisotopic (exact) mass is 626 g/mol. The molecule has 0 saturated carbocycles. The minimum absolute atomic E-state index is 0.280. The fourth-order valence-electron chi connectivity index (χ4n) is 5.51. The molecular weight excluding hydrogens is 600 g/mol. The zero-order valence-electron chi connectivity index (χ0n) is 21.1. The van der Waals surface area contributed by atoms with E-state index >= 15 is 0 Å². The van der Waals surface area contributed by atoms with Gasteiger partial charge in [0, 0.05) is 27.9 Å². The number of nitrogens with zero attached hydrogens (tertiary/aromatic N) is 1. The number of benzene rings is 4. The smallest absolute Gasteiger partial charge is 0.142 e. The topological polar surface area (TPSA) is 33.6 Å². The standard InChI is InChI=1S/C33H28Br2N2O/c1-21-10-15-31-29(16-21)27-8-5-9-28(27)32(37-31)23-11-13-26(14-12-23)36-19-24-17-25(34)18-30(35)33(24)38-20-22-6-3-2-4-7-22/h2-8,10-19,27-28,32,37H,9,20H2,1H3/t27-,28+,32+/m1/s1. The van der Waals surface area contributed by atoms with Gasteiger partial charge in [-0.2, -0.15) is 0 Å². The number of aliphatic imine (C=N–C) groups is 1. The zero-order valence-corrected chi connectivity index (χ0v) is 24.2. The van der Waals surface area contributed by atoms with Crippen molar-refractivity contribution < 1.29 is 4.74 Å². The van der Waals surface area contributed by atoms with Crippen molar-refractivity contribution >= 4 is 49.4 Å². The second kappa shape index (κ2) is 10.9. The first kappa shape index (κ1) is 25.1. The summed E-state index contributed by atoms with van der Waals surface area (Å²) < 4.78 is 8.05. The Morgan fingerprint density at radius 1 is 0.974 bits per heavy atom. The molecule has 6 rings (SSSR count). The molecule has 0 radical (unpaired) electrons. The van der Waals surface area contributed by atoms with Crippen LogP contribution in [-0.4, -0.2) is 6.21 Å². The van der Waals surface area contributed by atoms with Gasteiger partial charge in [0.25, 0.3) is 0 Å². The van der Waals surface area contributed by atoms with Gasteiger partial charge >= 0.3 is 0 Å². The summed E-state index contributed by atoms with van der Waals surface area (Å²) in [6.07, 6.45) is 7.70. The summed E-state index contributed by atoms with van der Waals surface area (Å²) in [5, 5.41) is 3.83. The lowest BCUT2D eigenvalue weighted by molar-refractivity contribution is 0.304. The number of fused-ring (bicyclic) bond motifs is 3. The first-order chi connectivity index (χ1) is 18.5. The van der Waals surface area contributed by atoms with E-state index in [4.69, 9.17) is 9.73 Å². The average molecular weight is 628 g/mol. The molecule has 0 saturated heterocycles. The van der Waals surface area contributed by atoms with Gasteiger partial charge in [0.05, 0.1) is 16.2 Å². The van der Waals surface area contributed by atoms with Crippen molar-refractivity contribution in [3.8, 4) is 5.75 Å². The quantitative estimate of drug-likeness (QED) is 0.170. The first-order valence-corrected chi connectivity index (χ1v) is 14.5. The van der Waals surface area contributed by atoms with E-state index in [0.717, 1.165) is 37.9 Å². The Morgan fingerprint density at radius 2 is 1.79 bits per heavy atom. The number of hydrogen-bond acceptors (Lipinski definition) is 3. The number of rotatable bonds is 6. The highest BCUT2D eigenvalue weighted by Crippen LogP contribution is 2.50. The third-order valence-electron chi connectivity index (χ3n) is 7.39. The Hall–Kier alpha value is -3.15. The lowest BCUT2D eigenvalue weighted by Crippen LogP contribution is -2.29. The Kier molecular flexibility index (Phi) is 7.22. The molecule has 0 unspecified atom stereocenters. The van der Waals surface area contributed by atoms with Crippen LogP contribution in [0.15, 0.2) is 111 Å². The number of halogens is 2. The Morgan fingerprint density at radius 3 is 2.61 bits per heavy atom. The number of aryl methyl sites for hydroxylation is 1. The van der Waals surface area contributed by atoms with E-state index in [9.17, 15) is 0 Å². The molecule has 38 heavy (non-hydrogen) atoms. The van der Waals surface area contributed by atoms with Crippen LogP contribution < -0.4 is 10.1 Å². The van der Waals surface area contributed by atoms with Crippen molar-refractivity contribution in [2.45, 2.75) is 31.9 Å². The van der Waals surface area contributed by atoms with Gasteiger partial charge in [0.1, 0.15) is 12.4 Å². The number of nitrogens with one attached hydrogen (secondary N) is 1. The van der Waals surface area contributed by atoms with Crippen LogP contribution in [0.4, 0.5) is 11.4 Å². The molecule has 2 aliphatic rings. The van der Waals surface area contributed by atoms with Crippen molar-refractivity contribution in [3.05, 3.63) is 134 Å². The molecule has 4 aromatic rings.